The van der Waals surface area contributed by atoms with E-state index >= 15 is 0 Å². The average Bonchev–Trinajstić information content (AvgIpc) is 2.37. The molecule has 0 aliphatic carbocycles. The fraction of sp³-hybridized carbons (Fsp3) is 0.500. The summed E-state index contributed by atoms with van der Waals surface area (Å²) in [6.07, 6.45) is 2.07. The molecule has 1 atom stereocenters. The number of hydrogen-bond acceptors (Lipinski definition) is 3. The predicted molar refractivity (Wildman–Crippen MR) is 78.3 cm³/mol. The number of anilines is 1. The highest BCUT2D eigenvalue weighted by atomic mass is 16.5. The Labute approximate surface area is 115 Å². The molecule has 0 fully saturated rings. The Kier molecular flexibility index (Phi) is 3.74. The Morgan fingerprint density at radius 1 is 1.53 bits per heavy atom. The zero-order valence-electron chi connectivity index (χ0n) is 12.0. The normalized spacial score (nSPS) is 18.4. The number of methoxy groups -OCH3 is 1. The quantitative estimate of drug-likeness (QED) is 0.814. The molecular formula is C16H23NO2. The van der Waals surface area contributed by atoms with Crippen LogP contribution in [0.1, 0.15) is 25.8 Å². The Hall–Kier alpha value is -1.64. The smallest absolute Gasteiger partial charge is 0.117 e. The van der Waals surface area contributed by atoms with Crippen molar-refractivity contribution in [2.45, 2.75) is 26.7 Å². The molecule has 2 N–H and O–H groups in total. The molecule has 104 valence electrons. The first-order chi connectivity index (χ1) is 8.92. The van der Waals surface area contributed by atoms with Crippen LogP contribution in [0.25, 0.3) is 0 Å². The molecule has 3 heteroatoms. The Morgan fingerprint density at radius 3 is 2.95 bits per heavy atom. The lowest BCUT2D eigenvalue weighted by Gasteiger charge is -2.33. The van der Waals surface area contributed by atoms with Gasteiger partial charge in [-0.15, -0.1) is 0 Å². The highest BCUT2D eigenvalue weighted by molar-refractivity contribution is 5.56. The van der Waals surface area contributed by atoms with E-state index in [1.165, 1.54) is 5.56 Å². The maximum absolute atomic E-state index is 9.48. The second kappa shape index (κ2) is 5.16. The molecule has 0 saturated heterocycles. The Balaban J connectivity index is 2.06. The number of phenolic OH excluding ortho intramolecular Hbond substituents is 1. The first kappa shape index (κ1) is 13.8. The first-order valence-electron chi connectivity index (χ1n) is 6.71. The van der Waals surface area contributed by atoms with Crippen LogP contribution in [0, 0.1) is 11.3 Å². The maximum atomic E-state index is 9.48. The summed E-state index contributed by atoms with van der Waals surface area (Å²) in [5, 5.41) is 12.9. The van der Waals surface area contributed by atoms with Crippen molar-refractivity contribution in [3.05, 3.63) is 36.1 Å². The largest absolute Gasteiger partial charge is 0.508 e. The average molecular weight is 261 g/mol. The third-order valence-electron chi connectivity index (χ3n) is 3.98. The molecule has 1 aromatic carbocycles. The van der Waals surface area contributed by atoms with Crippen LogP contribution < -0.4 is 5.32 Å². The van der Waals surface area contributed by atoms with Crippen LogP contribution in [0.4, 0.5) is 5.69 Å². The van der Waals surface area contributed by atoms with Crippen LogP contribution in [0.15, 0.2) is 30.5 Å². The summed E-state index contributed by atoms with van der Waals surface area (Å²) in [6.45, 7) is 9.26. The van der Waals surface area contributed by atoms with E-state index in [-0.39, 0.29) is 5.41 Å². The topological polar surface area (TPSA) is 41.5 Å². The lowest BCUT2D eigenvalue weighted by molar-refractivity contribution is 0.170. The van der Waals surface area contributed by atoms with Crippen LogP contribution in [0.2, 0.25) is 0 Å². The van der Waals surface area contributed by atoms with Gasteiger partial charge in [0.05, 0.1) is 12.9 Å². The molecule has 0 bridgehead atoms. The van der Waals surface area contributed by atoms with Gasteiger partial charge < -0.3 is 15.2 Å². The summed E-state index contributed by atoms with van der Waals surface area (Å²) in [7, 11) is 1.68. The number of allylic oxidation sites excluding steroid dienone is 1. The van der Waals surface area contributed by atoms with Crippen molar-refractivity contribution in [1.29, 1.82) is 0 Å². The third-order valence-corrected chi connectivity index (χ3v) is 3.98. The number of ether oxygens (including phenoxy) is 1. The first-order valence-corrected chi connectivity index (χ1v) is 6.71. The predicted octanol–water partition coefficient (Wildman–Crippen LogP) is 3.55. The summed E-state index contributed by atoms with van der Waals surface area (Å²) in [4.78, 5) is 0. The molecule has 2 rings (SSSR count). The minimum absolute atomic E-state index is 0.0183. The number of rotatable bonds is 4. The fourth-order valence-electron chi connectivity index (χ4n) is 2.80. The van der Waals surface area contributed by atoms with Gasteiger partial charge in [0.15, 0.2) is 0 Å². The Morgan fingerprint density at radius 2 is 2.26 bits per heavy atom. The summed E-state index contributed by atoms with van der Waals surface area (Å²) in [6, 6.07) is 5.55. The van der Waals surface area contributed by atoms with E-state index in [0.29, 0.717) is 11.7 Å². The monoisotopic (exact) mass is 261 g/mol. The molecule has 0 spiro atoms. The molecule has 0 amide bonds. The minimum Gasteiger partial charge on any atom is -0.508 e. The molecule has 19 heavy (non-hydrogen) atoms. The molecule has 1 aromatic rings. The highest BCUT2D eigenvalue weighted by Gasteiger charge is 2.29. The lowest BCUT2D eigenvalue weighted by Crippen LogP contribution is -2.29. The van der Waals surface area contributed by atoms with Crippen molar-refractivity contribution >= 4 is 5.69 Å². The van der Waals surface area contributed by atoms with E-state index in [1.54, 1.807) is 19.2 Å². The molecule has 1 heterocycles. The van der Waals surface area contributed by atoms with Crippen LogP contribution in [0.5, 0.6) is 5.75 Å². The van der Waals surface area contributed by atoms with E-state index in [9.17, 15) is 5.11 Å². The molecule has 1 aliphatic rings. The molecule has 0 aromatic heterocycles. The van der Waals surface area contributed by atoms with Crippen LogP contribution in [-0.2, 0) is 11.2 Å². The maximum Gasteiger partial charge on any atom is 0.117 e. The number of fused-ring (bicyclic) bond motifs is 1. The molecule has 3 nitrogen and oxygen atoms in total. The van der Waals surface area contributed by atoms with Gasteiger partial charge in [-0.2, -0.15) is 0 Å². The summed E-state index contributed by atoms with van der Waals surface area (Å²) < 4.78 is 5.29. The molecule has 1 aliphatic heterocycles. The van der Waals surface area contributed by atoms with E-state index in [0.717, 1.165) is 30.8 Å². The van der Waals surface area contributed by atoms with Gasteiger partial charge in [0.2, 0.25) is 0 Å². The zero-order chi connectivity index (χ0) is 14.0. The van der Waals surface area contributed by atoms with Crippen molar-refractivity contribution in [3.8, 4) is 5.75 Å². The summed E-state index contributed by atoms with van der Waals surface area (Å²) in [5.74, 6) is 1.71. The van der Waals surface area contributed by atoms with Crippen molar-refractivity contribution < 1.29 is 9.84 Å². The van der Waals surface area contributed by atoms with Crippen molar-refractivity contribution in [2.75, 3.05) is 19.0 Å². The highest BCUT2D eigenvalue weighted by Crippen LogP contribution is 2.37. The standard InChI is InChI=1S/C16H23NO2/c1-11(19-4)16(2,3)9-12-7-13-5-6-14(18)8-15(13)17-10-12/h5-6,8,12,17-18H,1,7,9-10H2,2-4H3/t12-/m0/s1. The van der Waals surface area contributed by atoms with Crippen molar-refractivity contribution in [1.82, 2.24) is 0 Å². The molecule has 0 radical (unpaired) electrons. The lowest BCUT2D eigenvalue weighted by atomic mass is 9.78. The molecule has 0 saturated carbocycles. The second-order valence-electron chi connectivity index (χ2n) is 6.01. The van der Waals surface area contributed by atoms with Gasteiger partial charge in [-0.25, -0.2) is 0 Å². The number of hydrogen-bond donors (Lipinski definition) is 2. The van der Waals surface area contributed by atoms with Crippen LogP contribution in [-0.4, -0.2) is 18.8 Å². The third kappa shape index (κ3) is 3.03. The van der Waals surface area contributed by atoms with Gasteiger partial charge >= 0.3 is 0 Å². The SMILES string of the molecule is C=C(OC)C(C)(C)C[C@H]1CNc2cc(O)ccc2C1. The van der Waals surface area contributed by atoms with Gasteiger partial charge in [-0.05, 0) is 30.4 Å². The number of benzene rings is 1. The second-order valence-corrected chi connectivity index (χ2v) is 6.01. The number of nitrogens with one attached hydrogen (secondary N) is 1. The Bertz CT molecular complexity index is 480. The van der Waals surface area contributed by atoms with E-state index in [4.69, 9.17) is 4.74 Å². The van der Waals surface area contributed by atoms with E-state index in [1.807, 2.05) is 6.07 Å². The van der Waals surface area contributed by atoms with Gasteiger partial charge in [0.1, 0.15) is 5.75 Å². The van der Waals surface area contributed by atoms with E-state index < -0.39 is 0 Å². The van der Waals surface area contributed by atoms with Crippen molar-refractivity contribution in [3.63, 3.8) is 0 Å². The van der Waals surface area contributed by atoms with Gasteiger partial charge in [0.25, 0.3) is 0 Å². The number of aromatic hydroxyl groups is 1. The van der Waals surface area contributed by atoms with Gasteiger partial charge in [-0.1, -0.05) is 26.5 Å². The van der Waals surface area contributed by atoms with Gasteiger partial charge in [0, 0.05) is 23.7 Å². The van der Waals surface area contributed by atoms with Crippen LogP contribution >= 0.6 is 0 Å². The van der Waals surface area contributed by atoms with Crippen molar-refractivity contribution in [2.24, 2.45) is 11.3 Å². The minimum atomic E-state index is -0.0183. The summed E-state index contributed by atoms with van der Waals surface area (Å²) in [5.41, 5.74) is 2.31. The van der Waals surface area contributed by atoms with Crippen LogP contribution in [0.3, 0.4) is 0 Å². The zero-order valence-corrected chi connectivity index (χ0v) is 12.0. The van der Waals surface area contributed by atoms with E-state index in [2.05, 4.69) is 25.7 Å². The van der Waals surface area contributed by atoms with Gasteiger partial charge in [-0.3, -0.25) is 0 Å². The molecular weight excluding hydrogens is 238 g/mol. The molecule has 0 unspecified atom stereocenters. The summed E-state index contributed by atoms with van der Waals surface area (Å²) >= 11 is 0. The number of phenols is 1. The fourth-order valence-corrected chi connectivity index (χ4v) is 2.80.